The molecular weight excluding hydrogens is 460 g/mol. The average Bonchev–Trinajstić information content (AvgIpc) is 3.39. The monoisotopic (exact) mass is 495 g/mol. The summed E-state index contributed by atoms with van der Waals surface area (Å²) >= 11 is 0. The van der Waals surface area contributed by atoms with E-state index in [1.165, 1.54) is 12.0 Å². The van der Waals surface area contributed by atoms with E-state index in [1.54, 1.807) is 42.3 Å². The molecule has 36 heavy (non-hydrogen) atoms. The highest BCUT2D eigenvalue weighted by atomic mass is 16.5. The lowest BCUT2D eigenvalue weighted by atomic mass is 9.93. The number of aliphatic hydroxyl groups excluding tert-OH is 1. The van der Waals surface area contributed by atoms with E-state index in [1.807, 2.05) is 13.0 Å². The van der Waals surface area contributed by atoms with Crippen molar-refractivity contribution in [2.75, 3.05) is 40.4 Å². The molecule has 0 aromatic heterocycles. The number of carbonyl (C=O) groups is 2. The van der Waals surface area contributed by atoms with Gasteiger partial charge in [0.2, 0.25) is 0 Å². The second kappa shape index (κ2) is 10.6. The zero-order chi connectivity index (χ0) is 26.0. The summed E-state index contributed by atoms with van der Waals surface area (Å²) in [6.07, 6.45) is 0.766. The minimum Gasteiger partial charge on any atom is -0.507 e. The highest BCUT2D eigenvalue weighted by molar-refractivity contribution is 6.46. The minimum absolute atomic E-state index is 0.0501. The van der Waals surface area contributed by atoms with E-state index in [9.17, 15) is 14.7 Å². The van der Waals surface area contributed by atoms with Crippen LogP contribution in [0, 0.1) is 0 Å². The molecule has 1 fully saturated rings. The number of hydrogen-bond donors (Lipinski definition) is 2. The van der Waals surface area contributed by atoms with Crippen molar-refractivity contribution in [3.8, 4) is 17.2 Å². The molecule has 0 unspecified atom stereocenters. The van der Waals surface area contributed by atoms with Crippen LogP contribution in [0.2, 0.25) is 0 Å². The van der Waals surface area contributed by atoms with Crippen molar-refractivity contribution >= 4 is 17.4 Å². The zero-order valence-electron chi connectivity index (χ0n) is 21.6. The van der Waals surface area contributed by atoms with Gasteiger partial charge in [-0.2, -0.15) is 0 Å². The average molecular weight is 496 g/mol. The number of likely N-dealkylation sites (N-methyl/N-ethyl adjacent to an activating group) is 1. The van der Waals surface area contributed by atoms with Crippen LogP contribution in [0.5, 0.6) is 17.2 Å². The summed E-state index contributed by atoms with van der Waals surface area (Å²) in [5, 5.41) is 11.5. The van der Waals surface area contributed by atoms with E-state index in [0.717, 1.165) is 24.4 Å². The lowest BCUT2D eigenvalue weighted by Crippen LogP contribution is -3.12. The number of amides is 1. The van der Waals surface area contributed by atoms with Crippen molar-refractivity contribution in [3.05, 3.63) is 58.7 Å². The topological polar surface area (TPSA) is 89.7 Å². The molecule has 0 bridgehead atoms. The molecular formula is C28H35N2O6+. The second-order valence-corrected chi connectivity index (χ2v) is 9.26. The number of nitrogens with zero attached hydrogens (tertiary/aromatic N) is 1. The Morgan fingerprint density at radius 2 is 1.86 bits per heavy atom. The Bertz CT molecular complexity index is 1190. The molecule has 2 aromatic carbocycles. The van der Waals surface area contributed by atoms with Crippen LogP contribution < -0.4 is 19.1 Å². The quantitative estimate of drug-likeness (QED) is 0.316. The molecule has 2 aromatic rings. The number of hydrogen-bond acceptors (Lipinski definition) is 6. The Morgan fingerprint density at radius 3 is 2.53 bits per heavy atom. The number of benzene rings is 2. The van der Waals surface area contributed by atoms with Crippen LogP contribution in [-0.4, -0.2) is 68.2 Å². The van der Waals surface area contributed by atoms with Crippen molar-refractivity contribution in [2.24, 2.45) is 0 Å². The minimum atomic E-state index is -0.788. The normalized spacial score (nSPS) is 20.6. The predicted octanol–water partition coefficient (Wildman–Crippen LogP) is 2.37. The van der Waals surface area contributed by atoms with Gasteiger partial charge in [0.15, 0.2) is 0 Å². The first-order valence-electron chi connectivity index (χ1n) is 12.5. The van der Waals surface area contributed by atoms with Crippen LogP contribution in [0.3, 0.4) is 0 Å². The molecule has 0 aliphatic carbocycles. The molecule has 2 aliphatic heterocycles. The fraction of sp³-hybridized carbons (Fsp3) is 0.429. The summed E-state index contributed by atoms with van der Waals surface area (Å²) in [6, 6.07) is 9.85. The molecule has 4 rings (SSSR count). The van der Waals surface area contributed by atoms with E-state index in [0.29, 0.717) is 42.1 Å². The van der Waals surface area contributed by atoms with Crippen molar-refractivity contribution < 1.29 is 33.8 Å². The Hall–Kier alpha value is -3.52. The second-order valence-electron chi connectivity index (χ2n) is 9.26. The molecule has 2 atom stereocenters. The Labute approximate surface area is 212 Å². The molecule has 1 saturated heterocycles. The van der Waals surface area contributed by atoms with Gasteiger partial charge >= 0.3 is 0 Å². The van der Waals surface area contributed by atoms with E-state index >= 15 is 0 Å². The Kier molecular flexibility index (Phi) is 7.54. The van der Waals surface area contributed by atoms with Gasteiger partial charge in [0.1, 0.15) is 29.1 Å². The van der Waals surface area contributed by atoms with Gasteiger partial charge in [-0.3, -0.25) is 9.59 Å². The summed E-state index contributed by atoms with van der Waals surface area (Å²) in [5.74, 6) is 0.321. The van der Waals surface area contributed by atoms with Gasteiger partial charge in [-0.05, 0) is 56.7 Å². The number of quaternary nitrogens is 1. The maximum Gasteiger partial charge on any atom is 0.295 e. The number of methoxy groups -OCH3 is 2. The lowest BCUT2D eigenvalue weighted by Gasteiger charge is -2.28. The van der Waals surface area contributed by atoms with Gasteiger partial charge in [0.05, 0.1) is 52.0 Å². The first kappa shape index (κ1) is 25.6. The lowest BCUT2D eigenvalue weighted by molar-refractivity contribution is -0.895. The van der Waals surface area contributed by atoms with Gasteiger partial charge in [0.25, 0.3) is 11.7 Å². The van der Waals surface area contributed by atoms with E-state index in [4.69, 9.17) is 14.2 Å². The van der Waals surface area contributed by atoms with Gasteiger partial charge in [-0.1, -0.05) is 0 Å². The van der Waals surface area contributed by atoms with Crippen LogP contribution in [0.15, 0.2) is 42.0 Å². The third kappa shape index (κ3) is 4.65. The number of Topliss-reactive ketones (excluding diaryl/α,β-unsaturated/α-hetero) is 1. The first-order chi connectivity index (χ1) is 17.3. The van der Waals surface area contributed by atoms with Crippen molar-refractivity contribution in [3.63, 3.8) is 0 Å². The molecule has 1 amide bonds. The molecule has 8 nitrogen and oxygen atoms in total. The number of likely N-dealkylation sites (tertiary alicyclic amines) is 1. The fourth-order valence-electron chi connectivity index (χ4n) is 5.09. The van der Waals surface area contributed by atoms with Crippen LogP contribution in [-0.2, 0) is 16.0 Å². The van der Waals surface area contributed by atoms with E-state index in [-0.39, 0.29) is 17.4 Å². The number of rotatable bonds is 9. The van der Waals surface area contributed by atoms with Gasteiger partial charge < -0.3 is 29.1 Å². The highest BCUT2D eigenvalue weighted by Gasteiger charge is 2.47. The third-order valence-electron chi connectivity index (χ3n) is 7.15. The summed E-state index contributed by atoms with van der Waals surface area (Å²) < 4.78 is 16.8. The molecule has 0 radical (unpaired) electrons. The van der Waals surface area contributed by atoms with Crippen LogP contribution >= 0.6 is 0 Å². The summed E-state index contributed by atoms with van der Waals surface area (Å²) in [5.41, 5.74) is 2.12. The molecule has 0 spiro atoms. The largest absolute Gasteiger partial charge is 0.507 e. The van der Waals surface area contributed by atoms with Crippen molar-refractivity contribution in [1.82, 2.24) is 4.90 Å². The number of ketones is 1. The summed E-state index contributed by atoms with van der Waals surface area (Å²) in [4.78, 5) is 29.6. The molecule has 0 saturated carbocycles. The SMILES string of the molecule is CC[NH+](CC)CCN1C(=O)C(=O)C(=C(O)c2ccc3c(c2)C[C@H](C)O3)[C@@H]1c1ccc(OC)cc1OC. The van der Waals surface area contributed by atoms with Crippen LogP contribution in [0.1, 0.15) is 43.5 Å². The highest BCUT2D eigenvalue weighted by Crippen LogP contribution is 2.44. The molecule has 2 aliphatic rings. The molecule has 8 heteroatoms. The number of ether oxygens (including phenoxy) is 3. The molecule has 192 valence electrons. The third-order valence-corrected chi connectivity index (χ3v) is 7.15. The smallest absolute Gasteiger partial charge is 0.295 e. The van der Waals surface area contributed by atoms with Crippen molar-refractivity contribution in [1.29, 1.82) is 0 Å². The van der Waals surface area contributed by atoms with Crippen LogP contribution in [0.25, 0.3) is 5.76 Å². The number of nitrogens with one attached hydrogen (secondary N) is 1. The Balaban J connectivity index is 1.84. The molecule has 2 N–H and O–H groups in total. The summed E-state index contributed by atoms with van der Waals surface area (Å²) in [6.45, 7) is 9.04. The summed E-state index contributed by atoms with van der Waals surface area (Å²) in [7, 11) is 3.10. The van der Waals surface area contributed by atoms with Gasteiger partial charge in [-0.25, -0.2) is 0 Å². The number of aliphatic hydroxyl groups is 1. The number of carbonyl (C=O) groups excluding carboxylic acids is 2. The first-order valence-corrected chi connectivity index (χ1v) is 12.5. The fourth-order valence-corrected chi connectivity index (χ4v) is 5.09. The zero-order valence-corrected chi connectivity index (χ0v) is 21.6. The van der Waals surface area contributed by atoms with Gasteiger partial charge in [-0.15, -0.1) is 0 Å². The predicted molar refractivity (Wildman–Crippen MR) is 136 cm³/mol. The Morgan fingerprint density at radius 1 is 1.11 bits per heavy atom. The van der Waals surface area contributed by atoms with Gasteiger partial charge in [0, 0.05) is 23.6 Å². The molecule has 2 heterocycles. The maximum atomic E-state index is 13.4. The van der Waals surface area contributed by atoms with E-state index < -0.39 is 17.7 Å². The van der Waals surface area contributed by atoms with Crippen LogP contribution in [0.4, 0.5) is 0 Å². The maximum absolute atomic E-state index is 13.4. The standard InChI is InChI=1S/C28H34N2O6/c1-6-29(7-2)12-13-30-25(21-10-9-20(34-4)16-23(21)35-5)24(27(32)28(30)33)26(31)18-8-11-22-19(15-18)14-17(3)36-22/h8-11,15-17,25,31H,6-7,12-14H2,1-5H3/p+1/t17-,25-/m0/s1. The van der Waals surface area contributed by atoms with Crippen molar-refractivity contribution in [2.45, 2.75) is 39.3 Å². The number of fused-ring (bicyclic) bond motifs is 1. The van der Waals surface area contributed by atoms with E-state index in [2.05, 4.69) is 13.8 Å².